The average molecular weight is 396 g/mol. The summed E-state index contributed by atoms with van der Waals surface area (Å²) in [6, 6.07) is 7.93. The fourth-order valence-electron chi connectivity index (χ4n) is 4.37. The predicted octanol–water partition coefficient (Wildman–Crippen LogP) is 2.64. The summed E-state index contributed by atoms with van der Waals surface area (Å²) in [6.45, 7) is 5.88. The third-order valence-electron chi connectivity index (χ3n) is 5.98. The molecule has 2 aromatic rings. The first-order chi connectivity index (χ1) is 14.0. The summed E-state index contributed by atoms with van der Waals surface area (Å²) >= 11 is 0. The smallest absolute Gasteiger partial charge is 0.224 e. The van der Waals surface area contributed by atoms with Gasteiger partial charge in [-0.1, -0.05) is 18.2 Å². The van der Waals surface area contributed by atoms with Crippen LogP contribution in [0.25, 0.3) is 0 Å². The second kappa shape index (κ2) is 7.89. The van der Waals surface area contributed by atoms with E-state index in [0.29, 0.717) is 26.1 Å². The van der Waals surface area contributed by atoms with Crippen LogP contribution in [0.5, 0.6) is 5.75 Å². The number of imidazole rings is 1. The van der Waals surface area contributed by atoms with Crippen LogP contribution in [0.3, 0.4) is 0 Å². The van der Waals surface area contributed by atoms with Gasteiger partial charge < -0.3 is 19.1 Å². The van der Waals surface area contributed by atoms with Crippen molar-refractivity contribution in [3.63, 3.8) is 0 Å². The zero-order chi connectivity index (χ0) is 20.4. The summed E-state index contributed by atoms with van der Waals surface area (Å²) in [6.07, 6.45) is 7.45. The van der Waals surface area contributed by atoms with Crippen LogP contribution < -0.4 is 4.74 Å². The van der Waals surface area contributed by atoms with Crippen LogP contribution in [0.4, 0.5) is 0 Å². The predicted molar refractivity (Wildman–Crippen MR) is 108 cm³/mol. The maximum atomic E-state index is 13.0. The summed E-state index contributed by atoms with van der Waals surface area (Å²) in [5.41, 5.74) is 0.446. The molecule has 2 atom stereocenters. The number of carbonyl (C=O) groups is 2. The number of rotatable bonds is 3. The van der Waals surface area contributed by atoms with E-state index in [-0.39, 0.29) is 17.9 Å². The number of hydrogen-bond acceptors (Lipinski definition) is 4. The zero-order valence-electron chi connectivity index (χ0n) is 17.1. The van der Waals surface area contributed by atoms with Crippen molar-refractivity contribution >= 4 is 11.8 Å². The summed E-state index contributed by atoms with van der Waals surface area (Å²) in [4.78, 5) is 33.1. The Labute approximate surface area is 171 Å². The van der Waals surface area contributed by atoms with Gasteiger partial charge in [0, 0.05) is 50.4 Å². The number of fused-ring (bicyclic) bond motifs is 1. The van der Waals surface area contributed by atoms with E-state index >= 15 is 0 Å². The second-order valence-electron chi connectivity index (χ2n) is 8.25. The molecule has 2 aliphatic rings. The van der Waals surface area contributed by atoms with Crippen LogP contribution >= 0.6 is 0 Å². The lowest BCUT2D eigenvalue weighted by Gasteiger charge is -2.43. The highest BCUT2D eigenvalue weighted by atomic mass is 16.5. The Morgan fingerprint density at radius 3 is 2.79 bits per heavy atom. The molecule has 0 N–H and O–H groups in total. The molecular weight excluding hydrogens is 368 g/mol. The molecule has 4 rings (SSSR count). The minimum Gasteiger partial charge on any atom is -0.483 e. The fourth-order valence-corrected chi connectivity index (χ4v) is 4.37. The molecule has 2 unspecified atom stereocenters. The lowest BCUT2D eigenvalue weighted by atomic mass is 9.91. The van der Waals surface area contributed by atoms with Gasteiger partial charge in [0.2, 0.25) is 11.8 Å². The molecule has 3 heterocycles. The van der Waals surface area contributed by atoms with Gasteiger partial charge in [0.05, 0.1) is 19.4 Å². The highest BCUT2D eigenvalue weighted by Gasteiger charge is 2.43. The van der Waals surface area contributed by atoms with Gasteiger partial charge in [-0.05, 0) is 25.8 Å². The number of amides is 2. The van der Waals surface area contributed by atoms with Crippen molar-refractivity contribution in [3.8, 4) is 5.75 Å². The fraction of sp³-hybridized carbons (Fsp3) is 0.500. The highest BCUT2D eigenvalue weighted by Crippen LogP contribution is 2.35. The third-order valence-corrected chi connectivity index (χ3v) is 5.98. The molecule has 0 bridgehead atoms. The Kier molecular flexibility index (Phi) is 5.30. The van der Waals surface area contributed by atoms with E-state index in [1.54, 1.807) is 19.4 Å². The van der Waals surface area contributed by atoms with Crippen molar-refractivity contribution in [1.29, 1.82) is 0 Å². The van der Waals surface area contributed by atoms with Gasteiger partial charge in [0.25, 0.3) is 0 Å². The summed E-state index contributed by atoms with van der Waals surface area (Å²) in [7, 11) is 0. The molecule has 154 valence electrons. The quantitative estimate of drug-likeness (QED) is 0.800. The van der Waals surface area contributed by atoms with Gasteiger partial charge in [-0.2, -0.15) is 0 Å². The first kappa shape index (κ1) is 19.5. The van der Waals surface area contributed by atoms with Crippen LogP contribution in [0.2, 0.25) is 0 Å². The number of nitrogens with zero attached hydrogens (tertiary/aromatic N) is 4. The van der Waals surface area contributed by atoms with Crippen molar-refractivity contribution in [2.75, 3.05) is 19.6 Å². The van der Waals surface area contributed by atoms with E-state index < -0.39 is 5.60 Å². The second-order valence-corrected chi connectivity index (χ2v) is 8.25. The standard InChI is InChI=1S/C22H28N4O3/c1-17(25-11-9-23-16-25)12-21(28)24-10-5-8-22(14-24)15-26(18(2)27)13-19-6-3-4-7-20(19)29-22/h3-4,6-7,9,11,16-17H,5,8,10,12-15H2,1-2H3. The molecule has 1 fully saturated rings. The number of hydrogen-bond donors (Lipinski definition) is 0. The monoisotopic (exact) mass is 396 g/mol. The zero-order valence-corrected chi connectivity index (χ0v) is 17.1. The Morgan fingerprint density at radius 2 is 2.03 bits per heavy atom. The number of likely N-dealkylation sites (tertiary alicyclic amines) is 1. The Balaban J connectivity index is 1.53. The number of aromatic nitrogens is 2. The van der Waals surface area contributed by atoms with E-state index in [0.717, 1.165) is 30.7 Å². The van der Waals surface area contributed by atoms with Gasteiger partial charge in [-0.25, -0.2) is 4.98 Å². The van der Waals surface area contributed by atoms with Gasteiger partial charge in [-0.15, -0.1) is 0 Å². The van der Waals surface area contributed by atoms with Crippen LogP contribution in [-0.4, -0.2) is 56.4 Å². The lowest BCUT2D eigenvalue weighted by molar-refractivity contribution is -0.140. The van der Waals surface area contributed by atoms with Gasteiger partial charge in [0.15, 0.2) is 0 Å². The molecule has 7 heteroatoms. The topological polar surface area (TPSA) is 67.7 Å². The van der Waals surface area contributed by atoms with Crippen molar-refractivity contribution in [3.05, 3.63) is 48.5 Å². The molecule has 2 aliphatic heterocycles. The van der Waals surface area contributed by atoms with Crippen molar-refractivity contribution in [2.24, 2.45) is 0 Å². The minimum absolute atomic E-state index is 0.0295. The minimum atomic E-state index is -0.565. The molecular formula is C22H28N4O3. The molecule has 0 aliphatic carbocycles. The molecule has 1 aromatic carbocycles. The highest BCUT2D eigenvalue weighted by molar-refractivity contribution is 5.77. The number of piperidine rings is 1. The molecule has 2 amide bonds. The molecule has 7 nitrogen and oxygen atoms in total. The number of para-hydroxylation sites is 1. The first-order valence-electron chi connectivity index (χ1n) is 10.2. The maximum Gasteiger partial charge on any atom is 0.224 e. The Hall–Kier alpha value is -2.83. The molecule has 1 spiro atoms. The van der Waals surface area contributed by atoms with E-state index in [1.807, 2.05) is 51.8 Å². The van der Waals surface area contributed by atoms with E-state index in [1.165, 1.54) is 0 Å². The molecule has 0 saturated carbocycles. The number of carbonyl (C=O) groups excluding carboxylic acids is 2. The van der Waals surface area contributed by atoms with E-state index in [9.17, 15) is 9.59 Å². The summed E-state index contributed by atoms with van der Waals surface area (Å²) in [5, 5.41) is 0. The van der Waals surface area contributed by atoms with Crippen molar-refractivity contribution < 1.29 is 14.3 Å². The largest absolute Gasteiger partial charge is 0.483 e. The molecule has 0 radical (unpaired) electrons. The first-order valence-corrected chi connectivity index (χ1v) is 10.2. The van der Waals surface area contributed by atoms with Crippen molar-refractivity contribution in [2.45, 2.75) is 51.3 Å². The maximum absolute atomic E-state index is 13.0. The molecule has 1 saturated heterocycles. The summed E-state index contributed by atoms with van der Waals surface area (Å²) < 4.78 is 8.47. The van der Waals surface area contributed by atoms with E-state index in [4.69, 9.17) is 4.74 Å². The SMILES string of the molecule is CC(=O)N1Cc2ccccc2OC2(CCCN(C(=O)CC(C)n3ccnc3)C2)C1. The van der Waals surface area contributed by atoms with E-state index in [2.05, 4.69) is 4.98 Å². The van der Waals surface area contributed by atoms with Crippen LogP contribution in [0, 0.1) is 0 Å². The normalized spacial score (nSPS) is 22.6. The molecule has 1 aromatic heterocycles. The Bertz CT molecular complexity index is 882. The third kappa shape index (κ3) is 4.13. The van der Waals surface area contributed by atoms with Gasteiger partial charge >= 0.3 is 0 Å². The van der Waals surface area contributed by atoms with Gasteiger partial charge in [0.1, 0.15) is 11.4 Å². The van der Waals surface area contributed by atoms with Crippen LogP contribution in [0.15, 0.2) is 43.0 Å². The van der Waals surface area contributed by atoms with Gasteiger partial charge in [-0.3, -0.25) is 9.59 Å². The lowest BCUT2D eigenvalue weighted by Crippen LogP contribution is -2.58. The summed E-state index contributed by atoms with van der Waals surface area (Å²) in [5.74, 6) is 0.958. The van der Waals surface area contributed by atoms with Crippen molar-refractivity contribution in [1.82, 2.24) is 19.4 Å². The van der Waals surface area contributed by atoms with Crippen LogP contribution in [0.1, 0.15) is 44.7 Å². The van der Waals surface area contributed by atoms with Crippen LogP contribution in [-0.2, 0) is 16.1 Å². The number of benzene rings is 1. The average Bonchev–Trinajstić information content (AvgIpc) is 3.19. The molecule has 29 heavy (non-hydrogen) atoms. The number of ether oxygens (including phenoxy) is 1. The Morgan fingerprint density at radius 1 is 1.24 bits per heavy atom.